The smallest absolute Gasteiger partial charge is 0.0351 e. The van der Waals surface area contributed by atoms with Gasteiger partial charge in [-0.2, -0.15) is 0 Å². The van der Waals surface area contributed by atoms with Gasteiger partial charge in [-0.1, -0.05) is 19.1 Å². The van der Waals surface area contributed by atoms with Crippen LogP contribution in [0.5, 0.6) is 0 Å². The van der Waals surface area contributed by atoms with E-state index in [0.29, 0.717) is 0 Å². The summed E-state index contributed by atoms with van der Waals surface area (Å²) < 4.78 is 0. The fourth-order valence-electron chi connectivity index (χ4n) is 0.285. The fraction of sp³-hybridized carbons (Fsp3) is 0.500. The molecule has 0 aromatic carbocycles. The van der Waals surface area contributed by atoms with Crippen LogP contribution in [-0.4, -0.2) is 0 Å². The van der Waals surface area contributed by atoms with Crippen LogP contribution >= 0.6 is 0 Å². The van der Waals surface area contributed by atoms with Crippen molar-refractivity contribution in [1.82, 2.24) is 0 Å². The Bertz CT molecular complexity index is 29.3. The van der Waals surface area contributed by atoms with Gasteiger partial charge in [-0.05, 0) is 19.8 Å². The van der Waals surface area contributed by atoms with Crippen LogP contribution in [0, 0.1) is 6.92 Å². The van der Waals surface area contributed by atoms with E-state index in [-0.39, 0.29) is 0 Å². The second-order valence-electron chi connectivity index (χ2n) is 1.17. The minimum Gasteiger partial charge on any atom is -0.0888 e. The molecule has 0 N–H and O–H groups in total. The maximum Gasteiger partial charge on any atom is -0.0351 e. The summed E-state index contributed by atoms with van der Waals surface area (Å²) in [6.07, 6.45) is 6.25. The highest BCUT2D eigenvalue weighted by molar-refractivity contribution is 4.80. The van der Waals surface area contributed by atoms with Crippen molar-refractivity contribution < 1.29 is 0 Å². The van der Waals surface area contributed by atoms with E-state index in [4.69, 9.17) is 0 Å². The molecule has 0 atom stereocenters. The standard InChI is InChI=1S/C6H11/c1-3-5-6-4-2/h5-6H,1,3-4H2,2H3/b6-5-. The first kappa shape index (κ1) is 5.74. The third kappa shape index (κ3) is 3.74. The van der Waals surface area contributed by atoms with Crippen molar-refractivity contribution in [2.24, 2.45) is 0 Å². The minimum atomic E-state index is 0.924. The molecule has 0 aromatic heterocycles. The van der Waals surface area contributed by atoms with E-state index in [0.717, 1.165) is 12.8 Å². The van der Waals surface area contributed by atoms with Crippen LogP contribution in [0.3, 0.4) is 0 Å². The largest absolute Gasteiger partial charge is 0.0888 e. The van der Waals surface area contributed by atoms with Crippen molar-refractivity contribution >= 4 is 0 Å². The third-order valence-electron chi connectivity index (χ3n) is 0.569. The van der Waals surface area contributed by atoms with Crippen LogP contribution in [0.1, 0.15) is 19.8 Å². The van der Waals surface area contributed by atoms with Crippen LogP contribution in [0.15, 0.2) is 12.2 Å². The van der Waals surface area contributed by atoms with Crippen LogP contribution in [-0.2, 0) is 0 Å². The Kier molecular flexibility index (Phi) is 4.53. The van der Waals surface area contributed by atoms with Crippen LogP contribution in [0.2, 0.25) is 0 Å². The Morgan fingerprint density at radius 3 is 2.33 bits per heavy atom. The number of allylic oxidation sites excluding steroid dienone is 2. The highest BCUT2D eigenvalue weighted by atomic mass is 13.7. The molecule has 0 nitrogen and oxygen atoms in total. The van der Waals surface area contributed by atoms with Gasteiger partial charge in [0.1, 0.15) is 0 Å². The van der Waals surface area contributed by atoms with E-state index in [1.165, 1.54) is 0 Å². The Hall–Kier alpha value is -0.260. The lowest BCUT2D eigenvalue weighted by Crippen LogP contribution is -1.51. The lowest BCUT2D eigenvalue weighted by atomic mass is 10.4. The summed E-state index contributed by atoms with van der Waals surface area (Å²) in [4.78, 5) is 0. The first-order valence-electron chi connectivity index (χ1n) is 2.36. The van der Waals surface area contributed by atoms with Crippen molar-refractivity contribution in [1.29, 1.82) is 0 Å². The molecule has 1 radical (unpaired) electrons. The van der Waals surface area contributed by atoms with Crippen molar-refractivity contribution in [3.05, 3.63) is 19.1 Å². The molecule has 35 valence electrons. The zero-order valence-corrected chi connectivity index (χ0v) is 4.28. The summed E-state index contributed by atoms with van der Waals surface area (Å²) in [6.45, 7) is 5.75. The first-order chi connectivity index (χ1) is 2.91. The van der Waals surface area contributed by atoms with Crippen molar-refractivity contribution in [3.63, 3.8) is 0 Å². The number of hydrogen-bond donors (Lipinski definition) is 0. The van der Waals surface area contributed by atoms with Gasteiger partial charge in [-0.25, -0.2) is 0 Å². The normalized spacial score (nSPS) is 10.3. The molecule has 0 spiro atoms. The molecular weight excluding hydrogens is 72.1 g/mol. The quantitative estimate of drug-likeness (QED) is 0.449. The average molecular weight is 83.2 g/mol. The van der Waals surface area contributed by atoms with Crippen LogP contribution in [0.4, 0.5) is 0 Å². The van der Waals surface area contributed by atoms with Gasteiger partial charge >= 0.3 is 0 Å². The molecular formula is C6H11. The average Bonchev–Trinajstić information content (AvgIpc) is 1.61. The monoisotopic (exact) mass is 83.1 g/mol. The summed E-state index contributed by atoms with van der Waals surface area (Å²) in [5.74, 6) is 0. The molecule has 0 aliphatic rings. The van der Waals surface area contributed by atoms with Gasteiger partial charge in [0.15, 0.2) is 0 Å². The fourth-order valence-corrected chi connectivity index (χ4v) is 0.285. The molecule has 0 aromatic rings. The highest BCUT2D eigenvalue weighted by Crippen LogP contribution is 1.80. The molecule has 0 bridgehead atoms. The van der Waals surface area contributed by atoms with Crippen LogP contribution < -0.4 is 0 Å². The zero-order valence-electron chi connectivity index (χ0n) is 4.28. The van der Waals surface area contributed by atoms with E-state index in [1.807, 2.05) is 0 Å². The first-order valence-corrected chi connectivity index (χ1v) is 2.36. The van der Waals surface area contributed by atoms with Gasteiger partial charge < -0.3 is 0 Å². The molecule has 0 amide bonds. The Morgan fingerprint density at radius 1 is 1.50 bits per heavy atom. The van der Waals surface area contributed by atoms with Crippen molar-refractivity contribution in [2.75, 3.05) is 0 Å². The summed E-state index contributed by atoms with van der Waals surface area (Å²) in [6, 6.07) is 0. The predicted octanol–water partition coefficient (Wildman–Crippen LogP) is 2.18. The predicted molar refractivity (Wildman–Crippen MR) is 29.4 cm³/mol. The second-order valence-corrected chi connectivity index (χ2v) is 1.17. The maximum absolute atomic E-state index is 3.64. The lowest BCUT2D eigenvalue weighted by Gasteiger charge is -1.72. The van der Waals surface area contributed by atoms with Gasteiger partial charge in [0.25, 0.3) is 0 Å². The van der Waals surface area contributed by atoms with E-state index >= 15 is 0 Å². The third-order valence-corrected chi connectivity index (χ3v) is 0.569. The van der Waals surface area contributed by atoms with Crippen LogP contribution in [0.25, 0.3) is 0 Å². The molecule has 0 rings (SSSR count). The molecule has 0 fully saturated rings. The summed E-state index contributed by atoms with van der Waals surface area (Å²) in [5, 5.41) is 0. The molecule has 6 heavy (non-hydrogen) atoms. The van der Waals surface area contributed by atoms with Crippen molar-refractivity contribution in [3.8, 4) is 0 Å². The molecule has 0 heterocycles. The highest BCUT2D eigenvalue weighted by Gasteiger charge is 1.60. The minimum absolute atomic E-state index is 0.924. The number of rotatable bonds is 2. The second kappa shape index (κ2) is 4.74. The van der Waals surface area contributed by atoms with E-state index in [2.05, 4.69) is 26.0 Å². The zero-order chi connectivity index (χ0) is 4.83. The molecule has 0 unspecified atom stereocenters. The van der Waals surface area contributed by atoms with Crippen molar-refractivity contribution in [2.45, 2.75) is 19.8 Å². The molecule has 0 saturated heterocycles. The summed E-state index contributed by atoms with van der Waals surface area (Å²) in [7, 11) is 0. The Morgan fingerprint density at radius 2 is 2.17 bits per heavy atom. The van der Waals surface area contributed by atoms with Gasteiger partial charge in [-0.3, -0.25) is 0 Å². The molecule has 0 saturated carbocycles. The maximum atomic E-state index is 3.64. The Balaban J connectivity index is 2.73. The lowest BCUT2D eigenvalue weighted by molar-refractivity contribution is 1.20. The summed E-state index contributed by atoms with van der Waals surface area (Å²) in [5.41, 5.74) is 0. The van der Waals surface area contributed by atoms with Gasteiger partial charge in [0.05, 0.1) is 0 Å². The van der Waals surface area contributed by atoms with Gasteiger partial charge in [0, 0.05) is 0 Å². The Labute approximate surface area is 39.9 Å². The number of hydrogen-bond acceptors (Lipinski definition) is 0. The molecule has 0 heteroatoms. The molecule has 0 aliphatic carbocycles. The SMILES string of the molecule is [CH2]C/C=C\CC. The van der Waals surface area contributed by atoms with E-state index < -0.39 is 0 Å². The van der Waals surface area contributed by atoms with Gasteiger partial charge in [0.2, 0.25) is 0 Å². The van der Waals surface area contributed by atoms with E-state index in [9.17, 15) is 0 Å². The summed E-state index contributed by atoms with van der Waals surface area (Å²) >= 11 is 0. The van der Waals surface area contributed by atoms with Gasteiger partial charge in [-0.15, -0.1) is 0 Å². The van der Waals surface area contributed by atoms with E-state index in [1.54, 1.807) is 0 Å². The topological polar surface area (TPSA) is 0 Å². The molecule has 0 aliphatic heterocycles.